The molecular formula is C11H15NO6S. The van der Waals surface area contributed by atoms with Crippen molar-refractivity contribution in [2.24, 2.45) is 0 Å². The summed E-state index contributed by atoms with van der Waals surface area (Å²) < 4.78 is 30.4. The molecule has 0 aliphatic rings. The predicted molar refractivity (Wildman–Crippen MR) is 69.0 cm³/mol. The molecule has 7 nitrogen and oxygen atoms in total. The molecule has 1 aromatic carbocycles. The van der Waals surface area contributed by atoms with Gasteiger partial charge in [-0.3, -0.25) is 4.72 Å². The molecule has 0 fully saturated rings. The maximum absolute atomic E-state index is 11.6. The van der Waals surface area contributed by atoms with Crippen molar-refractivity contribution in [3.05, 3.63) is 23.8 Å². The van der Waals surface area contributed by atoms with E-state index in [4.69, 9.17) is 9.84 Å². The van der Waals surface area contributed by atoms with Crippen molar-refractivity contribution in [3.63, 3.8) is 0 Å². The maximum Gasteiger partial charge on any atom is 0.339 e. The van der Waals surface area contributed by atoms with Crippen LogP contribution in [0.25, 0.3) is 0 Å². The van der Waals surface area contributed by atoms with Crippen LogP contribution in [0.4, 0.5) is 5.69 Å². The van der Waals surface area contributed by atoms with Crippen molar-refractivity contribution >= 4 is 21.7 Å². The molecule has 106 valence electrons. The summed E-state index contributed by atoms with van der Waals surface area (Å²) in [5.74, 6) is -2.01. The number of phenols is 1. The molecule has 19 heavy (non-hydrogen) atoms. The van der Waals surface area contributed by atoms with Gasteiger partial charge in [-0.1, -0.05) is 0 Å². The van der Waals surface area contributed by atoms with E-state index >= 15 is 0 Å². The zero-order valence-corrected chi connectivity index (χ0v) is 11.1. The van der Waals surface area contributed by atoms with Gasteiger partial charge in [0.1, 0.15) is 11.3 Å². The fourth-order valence-electron chi connectivity index (χ4n) is 1.32. The lowest BCUT2D eigenvalue weighted by molar-refractivity contribution is 0.0694. The van der Waals surface area contributed by atoms with Gasteiger partial charge in [0.25, 0.3) is 0 Å². The van der Waals surface area contributed by atoms with E-state index in [2.05, 4.69) is 4.72 Å². The summed E-state index contributed by atoms with van der Waals surface area (Å²) in [6.07, 6.45) is 0. The van der Waals surface area contributed by atoms with E-state index in [9.17, 15) is 18.3 Å². The normalized spacial score (nSPS) is 11.2. The summed E-state index contributed by atoms with van der Waals surface area (Å²) >= 11 is 0. The third kappa shape index (κ3) is 4.76. The van der Waals surface area contributed by atoms with E-state index in [0.717, 1.165) is 12.1 Å². The highest BCUT2D eigenvalue weighted by molar-refractivity contribution is 7.92. The summed E-state index contributed by atoms with van der Waals surface area (Å²) in [5.41, 5.74) is -0.198. The first-order valence-corrected chi connectivity index (χ1v) is 7.15. The number of nitrogens with one attached hydrogen (secondary N) is 1. The number of hydrogen-bond acceptors (Lipinski definition) is 5. The highest BCUT2D eigenvalue weighted by Gasteiger charge is 2.14. The van der Waals surface area contributed by atoms with Crippen LogP contribution in [0.5, 0.6) is 5.75 Å². The van der Waals surface area contributed by atoms with Crippen LogP contribution in [0, 0.1) is 0 Å². The third-order valence-corrected chi connectivity index (χ3v) is 3.45. The van der Waals surface area contributed by atoms with E-state index in [0.29, 0.717) is 6.61 Å². The Kier molecular flexibility index (Phi) is 5.13. The summed E-state index contributed by atoms with van der Waals surface area (Å²) in [6.45, 7) is 2.23. The number of aromatic carboxylic acids is 1. The van der Waals surface area contributed by atoms with E-state index in [1.165, 1.54) is 6.07 Å². The van der Waals surface area contributed by atoms with Gasteiger partial charge in [-0.05, 0) is 19.1 Å². The lowest BCUT2D eigenvalue weighted by Gasteiger charge is -2.09. The average molecular weight is 289 g/mol. The highest BCUT2D eigenvalue weighted by Crippen LogP contribution is 2.22. The average Bonchev–Trinajstić information content (AvgIpc) is 2.28. The van der Waals surface area contributed by atoms with Gasteiger partial charge in [0.2, 0.25) is 10.0 Å². The van der Waals surface area contributed by atoms with Crippen molar-refractivity contribution in [2.45, 2.75) is 6.92 Å². The molecule has 0 amide bonds. The lowest BCUT2D eigenvalue weighted by Crippen LogP contribution is -2.20. The van der Waals surface area contributed by atoms with Crippen molar-refractivity contribution in [1.29, 1.82) is 0 Å². The third-order valence-electron chi connectivity index (χ3n) is 2.20. The molecular weight excluding hydrogens is 274 g/mol. The van der Waals surface area contributed by atoms with Crippen molar-refractivity contribution < 1.29 is 28.2 Å². The number of carboxylic acid groups (broad SMARTS) is 1. The lowest BCUT2D eigenvalue weighted by atomic mass is 10.2. The van der Waals surface area contributed by atoms with E-state index in [1.807, 2.05) is 0 Å². The fraction of sp³-hybridized carbons (Fsp3) is 0.364. The number of sulfonamides is 1. The number of rotatable bonds is 7. The molecule has 0 aliphatic heterocycles. The van der Waals surface area contributed by atoms with Gasteiger partial charge < -0.3 is 14.9 Å². The highest BCUT2D eigenvalue weighted by atomic mass is 32.2. The first-order chi connectivity index (χ1) is 8.85. The molecule has 0 bridgehead atoms. The standard InChI is InChI=1S/C11H15NO6S/c1-2-18-5-6-19(16,17)12-8-3-4-9(11(14)15)10(13)7-8/h3-4,7,12-13H,2,5-6H2,1H3,(H,14,15). The van der Waals surface area contributed by atoms with Gasteiger partial charge in [0, 0.05) is 12.7 Å². The van der Waals surface area contributed by atoms with Crippen molar-refractivity contribution in [2.75, 3.05) is 23.7 Å². The van der Waals surface area contributed by atoms with Crippen molar-refractivity contribution in [3.8, 4) is 5.75 Å². The second kappa shape index (κ2) is 6.39. The molecule has 0 saturated carbocycles. The van der Waals surface area contributed by atoms with Crippen LogP contribution in [-0.4, -0.2) is 43.6 Å². The van der Waals surface area contributed by atoms with Crippen LogP contribution in [0.15, 0.2) is 18.2 Å². The summed E-state index contributed by atoms with van der Waals surface area (Å²) in [7, 11) is -3.59. The minimum absolute atomic E-state index is 0.0605. The summed E-state index contributed by atoms with van der Waals surface area (Å²) in [6, 6.07) is 3.43. The molecule has 0 heterocycles. The number of carboxylic acids is 1. The zero-order chi connectivity index (χ0) is 14.5. The van der Waals surface area contributed by atoms with Crippen LogP contribution in [0.3, 0.4) is 0 Å². The smallest absolute Gasteiger partial charge is 0.339 e. The van der Waals surface area contributed by atoms with E-state index < -0.39 is 21.7 Å². The predicted octanol–water partition coefficient (Wildman–Crippen LogP) is 0.869. The number of aromatic hydroxyl groups is 1. The molecule has 1 rings (SSSR count). The molecule has 0 unspecified atom stereocenters. The minimum atomic E-state index is -3.59. The number of ether oxygens (including phenoxy) is 1. The molecule has 1 aromatic rings. The van der Waals surface area contributed by atoms with Gasteiger partial charge in [-0.15, -0.1) is 0 Å². The number of hydrogen-bond donors (Lipinski definition) is 3. The molecule has 0 radical (unpaired) electrons. The molecule has 0 aliphatic carbocycles. The second-order valence-electron chi connectivity index (χ2n) is 3.65. The van der Waals surface area contributed by atoms with Crippen LogP contribution in [0.2, 0.25) is 0 Å². The quantitative estimate of drug-likeness (QED) is 0.642. The Labute approximate surface area is 110 Å². The fourth-order valence-corrected chi connectivity index (χ4v) is 2.24. The van der Waals surface area contributed by atoms with E-state index in [-0.39, 0.29) is 23.6 Å². The first kappa shape index (κ1) is 15.3. The van der Waals surface area contributed by atoms with Gasteiger partial charge in [0.05, 0.1) is 18.0 Å². The van der Waals surface area contributed by atoms with Crippen LogP contribution in [0.1, 0.15) is 17.3 Å². The van der Waals surface area contributed by atoms with E-state index in [1.54, 1.807) is 6.92 Å². The molecule has 0 aromatic heterocycles. The Hall–Kier alpha value is -1.80. The molecule has 0 saturated heterocycles. The number of benzene rings is 1. The van der Waals surface area contributed by atoms with Gasteiger partial charge in [-0.2, -0.15) is 0 Å². The number of anilines is 1. The Bertz CT molecular complexity index is 554. The minimum Gasteiger partial charge on any atom is -0.507 e. The monoisotopic (exact) mass is 289 g/mol. The SMILES string of the molecule is CCOCCS(=O)(=O)Nc1ccc(C(=O)O)c(O)c1. The zero-order valence-electron chi connectivity index (χ0n) is 10.3. The number of carbonyl (C=O) groups is 1. The van der Waals surface area contributed by atoms with Gasteiger partial charge >= 0.3 is 5.97 Å². The van der Waals surface area contributed by atoms with Crippen LogP contribution < -0.4 is 4.72 Å². The largest absolute Gasteiger partial charge is 0.507 e. The topological polar surface area (TPSA) is 113 Å². The summed E-state index contributed by atoms with van der Waals surface area (Å²) in [4.78, 5) is 10.7. The molecule has 0 atom stereocenters. The maximum atomic E-state index is 11.6. The molecule has 3 N–H and O–H groups in total. The summed E-state index contributed by atoms with van der Waals surface area (Å²) in [5, 5.41) is 18.1. The van der Waals surface area contributed by atoms with Crippen LogP contribution >= 0.6 is 0 Å². The van der Waals surface area contributed by atoms with Gasteiger partial charge in [0.15, 0.2) is 0 Å². The second-order valence-corrected chi connectivity index (χ2v) is 5.50. The Morgan fingerprint density at radius 2 is 2.11 bits per heavy atom. The molecule has 8 heteroatoms. The molecule has 0 spiro atoms. The van der Waals surface area contributed by atoms with Crippen LogP contribution in [-0.2, 0) is 14.8 Å². The Morgan fingerprint density at radius 3 is 2.63 bits per heavy atom. The van der Waals surface area contributed by atoms with Crippen molar-refractivity contribution in [1.82, 2.24) is 0 Å². The first-order valence-electron chi connectivity index (χ1n) is 5.50. The Balaban J connectivity index is 2.77. The van der Waals surface area contributed by atoms with Gasteiger partial charge in [-0.25, -0.2) is 13.2 Å². The Morgan fingerprint density at radius 1 is 1.42 bits per heavy atom.